The number of amides is 4. The van der Waals surface area contributed by atoms with Crippen molar-refractivity contribution in [3.8, 4) is 0 Å². The molecule has 3 heterocycles. The summed E-state index contributed by atoms with van der Waals surface area (Å²) in [7, 11) is -1.25. The maximum absolute atomic E-state index is 12.8. The van der Waals surface area contributed by atoms with Crippen molar-refractivity contribution >= 4 is 27.7 Å². The van der Waals surface area contributed by atoms with E-state index in [0.717, 1.165) is 41.2 Å². The molecule has 2 aliphatic heterocycles. The van der Waals surface area contributed by atoms with Crippen LogP contribution >= 0.6 is 0 Å². The lowest BCUT2D eigenvalue weighted by Gasteiger charge is -2.30. The molecule has 4 amide bonds. The second-order valence-corrected chi connectivity index (χ2v) is 11.8. The van der Waals surface area contributed by atoms with Gasteiger partial charge in [0.05, 0.1) is 29.8 Å². The van der Waals surface area contributed by atoms with Crippen LogP contribution in [0.5, 0.6) is 0 Å². The average Bonchev–Trinajstić information content (AvgIpc) is 3.31. The Labute approximate surface area is 193 Å². The Hall–Kier alpha value is -2.47. The number of imide groups is 1. The molecule has 33 heavy (non-hydrogen) atoms. The summed E-state index contributed by atoms with van der Waals surface area (Å²) in [6.07, 6.45) is 4.51. The van der Waals surface area contributed by atoms with Crippen molar-refractivity contribution in [1.29, 1.82) is 0 Å². The third-order valence-electron chi connectivity index (χ3n) is 6.98. The predicted octanol–water partition coefficient (Wildman–Crippen LogP) is 0.577. The molecule has 3 fully saturated rings. The molecule has 4 rings (SSSR count). The standard InChI is InChI=1S/C21H32N6O5S/c1-14-17(15(2)26(23-14)16-7-10-33(31,32)13-16)11-25(3)12-18(28)24-27-19(29)21(22-20(27)30)8-5-4-6-9-21/h16H,4-13H2,1-3H3,(H,22,30)(H,24,28). The zero-order chi connectivity index (χ0) is 24.0. The zero-order valence-electron chi connectivity index (χ0n) is 19.4. The van der Waals surface area contributed by atoms with Gasteiger partial charge in [0.15, 0.2) is 9.84 Å². The van der Waals surface area contributed by atoms with E-state index in [0.29, 0.717) is 25.8 Å². The van der Waals surface area contributed by atoms with E-state index < -0.39 is 27.3 Å². The molecule has 1 aromatic heterocycles. The Kier molecular flexibility index (Phi) is 6.25. The highest BCUT2D eigenvalue weighted by atomic mass is 32.2. The van der Waals surface area contributed by atoms with Gasteiger partial charge in [-0.2, -0.15) is 10.1 Å². The molecule has 0 aromatic carbocycles. The Balaban J connectivity index is 1.36. The molecular formula is C21H32N6O5S. The van der Waals surface area contributed by atoms with E-state index in [1.807, 2.05) is 13.8 Å². The van der Waals surface area contributed by atoms with Gasteiger partial charge in [0, 0.05) is 17.8 Å². The molecule has 1 aliphatic carbocycles. The molecule has 0 bridgehead atoms. The number of hydrogen-bond donors (Lipinski definition) is 2. The molecule has 182 valence electrons. The molecule has 1 saturated carbocycles. The largest absolute Gasteiger partial charge is 0.344 e. The van der Waals surface area contributed by atoms with E-state index in [9.17, 15) is 22.8 Å². The fourth-order valence-electron chi connectivity index (χ4n) is 5.20. The number of sulfone groups is 1. The Bertz CT molecular complexity index is 1080. The van der Waals surface area contributed by atoms with Crippen LogP contribution in [0.1, 0.15) is 61.5 Å². The minimum absolute atomic E-state index is 0.0219. The molecule has 2 N–H and O–H groups in total. The molecule has 1 atom stereocenters. The smallest absolute Gasteiger partial charge is 0.322 e. The van der Waals surface area contributed by atoms with Crippen molar-refractivity contribution in [1.82, 2.24) is 30.4 Å². The van der Waals surface area contributed by atoms with Gasteiger partial charge in [0.25, 0.3) is 11.8 Å². The van der Waals surface area contributed by atoms with Crippen LogP contribution in [0.4, 0.5) is 4.79 Å². The number of hydrazine groups is 1. The Morgan fingerprint density at radius 1 is 1.24 bits per heavy atom. The second kappa shape index (κ2) is 8.71. The van der Waals surface area contributed by atoms with Crippen molar-refractivity contribution in [2.45, 2.75) is 70.5 Å². The average molecular weight is 481 g/mol. The number of nitrogens with one attached hydrogen (secondary N) is 2. The van der Waals surface area contributed by atoms with Gasteiger partial charge in [0.2, 0.25) is 0 Å². The van der Waals surface area contributed by atoms with E-state index in [-0.39, 0.29) is 30.0 Å². The van der Waals surface area contributed by atoms with Crippen LogP contribution in [0.15, 0.2) is 0 Å². The fraction of sp³-hybridized carbons (Fsp3) is 0.714. The minimum Gasteiger partial charge on any atom is -0.322 e. The van der Waals surface area contributed by atoms with Crippen LogP contribution in [0.3, 0.4) is 0 Å². The minimum atomic E-state index is -3.02. The van der Waals surface area contributed by atoms with Gasteiger partial charge in [-0.1, -0.05) is 19.3 Å². The first kappa shape index (κ1) is 23.7. The quantitative estimate of drug-likeness (QED) is 0.569. The normalized spacial score (nSPS) is 24.0. The topological polar surface area (TPSA) is 134 Å². The first-order valence-corrected chi connectivity index (χ1v) is 13.2. The summed E-state index contributed by atoms with van der Waals surface area (Å²) in [6.45, 7) is 4.18. The van der Waals surface area contributed by atoms with Gasteiger partial charge in [-0.25, -0.2) is 13.2 Å². The lowest BCUT2D eigenvalue weighted by molar-refractivity contribution is -0.140. The van der Waals surface area contributed by atoms with Gasteiger partial charge in [-0.3, -0.25) is 24.6 Å². The summed E-state index contributed by atoms with van der Waals surface area (Å²) >= 11 is 0. The number of nitrogens with zero attached hydrogens (tertiary/aromatic N) is 4. The van der Waals surface area contributed by atoms with E-state index in [1.54, 1.807) is 16.6 Å². The molecule has 11 nitrogen and oxygen atoms in total. The molecule has 1 spiro atoms. The summed E-state index contributed by atoms with van der Waals surface area (Å²) in [4.78, 5) is 39.6. The first-order valence-electron chi connectivity index (χ1n) is 11.4. The van der Waals surface area contributed by atoms with Gasteiger partial charge >= 0.3 is 6.03 Å². The summed E-state index contributed by atoms with van der Waals surface area (Å²) in [5.74, 6) is -0.573. The lowest BCUT2D eigenvalue weighted by Crippen LogP contribution is -2.52. The summed E-state index contributed by atoms with van der Waals surface area (Å²) in [5.41, 5.74) is 4.18. The van der Waals surface area contributed by atoms with E-state index in [4.69, 9.17) is 0 Å². The second-order valence-electron chi connectivity index (χ2n) is 9.57. The van der Waals surface area contributed by atoms with Crippen LogP contribution in [-0.2, 0) is 26.0 Å². The number of aromatic nitrogens is 2. The maximum atomic E-state index is 12.8. The first-order chi connectivity index (χ1) is 15.5. The van der Waals surface area contributed by atoms with E-state index in [2.05, 4.69) is 15.8 Å². The Morgan fingerprint density at radius 3 is 2.58 bits per heavy atom. The number of carbonyl (C=O) groups is 3. The highest BCUT2D eigenvalue weighted by Gasteiger charge is 2.52. The van der Waals surface area contributed by atoms with Crippen molar-refractivity contribution < 1.29 is 22.8 Å². The molecule has 2 saturated heterocycles. The third-order valence-corrected chi connectivity index (χ3v) is 8.73. The van der Waals surface area contributed by atoms with Crippen LogP contribution in [-0.4, -0.2) is 76.6 Å². The lowest BCUT2D eigenvalue weighted by atomic mass is 9.82. The summed E-state index contributed by atoms with van der Waals surface area (Å²) in [6, 6.07) is -0.750. The number of likely N-dealkylation sites (N-methyl/N-ethyl adjacent to an activating group) is 1. The fourth-order valence-corrected chi connectivity index (χ4v) is 6.89. The monoisotopic (exact) mass is 480 g/mol. The SMILES string of the molecule is Cc1nn(C2CCS(=O)(=O)C2)c(C)c1CN(C)CC(=O)NN1C(=O)NC2(CCCCC2)C1=O. The van der Waals surface area contributed by atoms with Crippen LogP contribution in [0.25, 0.3) is 0 Å². The highest BCUT2D eigenvalue weighted by molar-refractivity contribution is 7.91. The van der Waals surface area contributed by atoms with Crippen molar-refractivity contribution in [3.63, 3.8) is 0 Å². The molecule has 1 aromatic rings. The highest BCUT2D eigenvalue weighted by Crippen LogP contribution is 2.33. The summed E-state index contributed by atoms with van der Waals surface area (Å²) in [5, 5.41) is 8.15. The van der Waals surface area contributed by atoms with Crippen LogP contribution < -0.4 is 10.7 Å². The maximum Gasteiger partial charge on any atom is 0.344 e. The molecule has 12 heteroatoms. The number of carbonyl (C=O) groups excluding carboxylic acids is 3. The van der Waals surface area contributed by atoms with Gasteiger partial charge in [-0.15, -0.1) is 0 Å². The van der Waals surface area contributed by atoms with E-state index >= 15 is 0 Å². The van der Waals surface area contributed by atoms with Crippen molar-refractivity contribution in [2.24, 2.45) is 0 Å². The molecule has 1 unspecified atom stereocenters. The van der Waals surface area contributed by atoms with Gasteiger partial charge in [0.1, 0.15) is 5.54 Å². The number of urea groups is 1. The third kappa shape index (κ3) is 4.63. The van der Waals surface area contributed by atoms with E-state index in [1.165, 1.54) is 0 Å². The predicted molar refractivity (Wildman–Crippen MR) is 120 cm³/mol. The zero-order valence-corrected chi connectivity index (χ0v) is 20.2. The summed E-state index contributed by atoms with van der Waals surface area (Å²) < 4.78 is 25.5. The molecule has 0 radical (unpaired) electrons. The van der Waals surface area contributed by atoms with Crippen molar-refractivity contribution in [2.75, 3.05) is 25.1 Å². The van der Waals surface area contributed by atoms with Crippen LogP contribution in [0.2, 0.25) is 0 Å². The number of rotatable bonds is 6. The molecule has 3 aliphatic rings. The Morgan fingerprint density at radius 2 is 1.94 bits per heavy atom. The molecular weight excluding hydrogens is 448 g/mol. The number of hydrogen-bond acceptors (Lipinski definition) is 7. The van der Waals surface area contributed by atoms with Crippen LogP contribution in [0, 0.1) is 13.8 Å². The van der Waals surface area contributed by atoms with Gasteiger partial charge in [-0.05, 0) is 40.2 Å². The number of aryl methyl sites for hydroxylation is 1. The van der Waals surface area contributed by atoms with Crippen molar-refractivity contribution in [3.05, 3.63) is 17.0 Å². The van der Waals surface area contributed by atoms with Gasteiger partial charge < -0.3 is 5.32 Å².